The molecule has 0 spiro atoms. The molecule has 0 amide bonds. The van der Waals surface area contributed by atoms with E-state index in [0.29, 0.717) is 23.2 Å². The number of fused-ring (bicyclic) bond motifs is 1. The summed E-state index contributed by atoms with van der Waals surface area (Å²) in [6.45, 7) is 3.74. The van der Waals surface area contributed by atoms with Crippen LogP contribution >= 0.6 is 0 Å². The summed E-state index contributed by atoms with van der Waals surface area (Å²) in [7, 11) is 3.52. The summed E-state index contributed by atoms with van der Waals surface area (Å²) < 4.78 is 26.6. The standard InChI is InChI=1S/C25H22FN5O2/c1-14-11-20(23-25(28-14)31(3)24(30-23)16-5-7-17(26)8-6-16)29-18-9-10-19(21(12-18)32-4)22-13-27-15(2)33-22/h5-13H,1-4H3,(H,28,29). The number of hydrogen-bond acceptors (Lipinski definition) is 6. The van der Waals surface area contributed by atoms with Gasteiger partial charge in [-0.3, -0.25) is 0 Å². The van der Waals surface area contributed by atoms with Gasteiger partial charge in [-0.2, -0.15) is 0 Å². The van der Waals surface area contributed by atoms with E-state index in [1.807, 2.05) is 42.8 Å². The molecule has 0 bridgehead atoms. The Kier molecular flexibility index (Phi) is 5.05. The Morgan fingerprint density at radius 2 is 1.82 bits per heavy atom. The van der Waals surface area contributed by atoms with Crippen molar-refractivity contribution in [1.29, 1.82) is 0 Å². The molecular formula is C25H22FN5O2. The topological polar surface area (TPSA) is 78.0 Å². The number of anilines is 2. The number of aromatic nitrogens is 4. The van der Waals surface area contributed by atoms with Gasteiger partial charge in [0.2, 0.25) is 0 Å². The van der Waals surface area contributed by atoms with Gasteiger partial charge in [-0.1, -0.05) is 0 Å². The van der Waals surface area contributed by atoms with Crippen LogP contribution in [0.2, 0.25) is 0 Å². The maximum atomic E-state index is 13.4. The second kappa shape index (κ2) is 8.05. The maximum absolute atomic E-state index is 13.4. The first-order chi connectivity index (χ1) is 15.9. The molecule has 5 rings (SSSR count). The van der Waals surface area contributed by atoms with E-state index in [1.165, 1.54) is 12.1 Å². The Balaban J connectivity index is 1.56. The van der Waals surface area contributed by atoms with E-state index in [0.717, 1.165) is 39.4 Å². The lowest BCUT2D eigenvalue weighted by atomic mass is 10.1. The fourth-order valence-electron chi connectivity index (χ4n) is 3.84. The first kappa shape index (κ1) is 20.7. The zero-order valence-electron chi connectivity index (χ0n) is 18.7. The molecule has 1 N–H and O–H groups in total. The van der Waals surface area contributed by atoms with E-state index < -0.39 is 0 Å². The van der Waals surface area contributed by atoms with Crippen molar-refractivity contribution in [1.82, 2.24) is 19.5 Å². The molecule has 7 nitrogen and oxygen atoms in total. The van der Waals surface area contributed by atoms with Gasteiger partial charge in [0.05, 0.1) is 24.6 Å². The van der Waals surface area contributed by atoms with Gasteiger partial charge in [0, 0.05) is 37.0 Å². The summed E-state index contributed by atoms with van der Waals surface area (Å²) >= 11 is 0. The van der Waals surface area contributed by atoms with Crippen LogP contribution in [-0.4, -0.2) is 26.6 Å². The third kappa shape index (κ3) is 3.80. The Labute approximate surface area is 189 Å². The Morgan fingerprint density at radius 3 is 2.52 bits per heavy atom. The van der Waals surface area contributed by atoms with Gasteiger partial charge in [-0.15, -0.1) is 0 Å². The average molecular weight is 443 g/mol. The first-order valence-electron chi connectivity index (χ1n) is 10.4. The van der Waals surface area contributed by atoms with Crippen molar-refractivity contribution in [2.75, 3.05) is 12.4 Å². The zero-order chi connectivity index (χ0) is 23.1. The molecule has 8 heteroatoms. The van der Waals surface area contributed by atoms with Crippen molar-refractivity contribution < 1.29 is 13.5 Å². The smallest absolute Gasteiger partial charge is 0.191 e. The molecule has 0 unspecified atom stereocenters. The van der Waals surface area contributed by atoms with Crippen molar-refractivity contribution in [2.45, 2.75) is 13.8 Å². The van der Waals surface area contributed by atoms with Crippen LogP contribution in [0.1, 0.15) is 11.6 Å². The third-order valence-electron chi connectivity index (χ3n) is 5.43. The number of halogens is 1. The fourth-order valence-corrected chi connectivity index (χ4v) is 3.84. The number of hydrogen-bond donors (Lipinski definition) is 1. The second-order valence-electron chi connectivity index (χ2n) is 7.77. The Hall–Kier alpha value is -4.20. The molecule has 2 aromatic carbocycles. The van der Waals surface area contributed by atoms with Gasteiger partial charge in [0.15, 0.2) is 17.3 Å². The second-order valence-corrected chi connectivity index (χ2v) is 7.77. The Bertz CT molecular complexity index is 1470. The molecule has 0 saturated heterocycles. The molecule has 0 aliphatic carbocycles. The number of benzene rings is 2. The molecule has 0 saturated carbocycles. The van der Waals surface area contributed by atoms with Gasteiger partial charge in [0.25, 0.3) is 0 Å². The van der Waals surface area contributed by atoms with E-state index >= 15 is 0 Å². The number of oxazole rings is 1. The monoisotopic (exact) mass is 443 g/mol. The fraction of sp³-hybridized carbons (Fsp3) is 0.160. The van der Waals surface area contributed by atoms with E-state index in [9.17, 15) is 4.39 Å². The highest BCUT2D eigenvalue weighted by Crippen LogP contribution is 2.35. The summed E-state index contributed by atoms with van der Waals surface area (Å²) in [5, 5.41) is 3.45. The lowest BCUT2D eigenvalue weighted by Gasteiger charge is -2.12. The highest BCUT2D eigenvalue weighted by atomic mass is 19.1. The van der Waals surface area contributed by atoms with Gasteiger partial charge < -0.3 is 19.0 Å². The molecule has 0 aliphatic rings. The van der Waals surface area contributed by atoms with E-state index in [4.69, 9.17) is 14.1 Å². The first-order valence-corrected chi connectivity index (χ1v) is 10.4. The Morgan fingerprint density at radius 1 is 1.03 bits per heavy atom. The van der Waals surface area contributed by atoms with Gasteiger partial charge >= 0.3 is 0 Å². The number of ether oxygens (including phenoxy) is 1. The number of nitrogens with zero attached hydrogens (tertiary/aromatic N) is 4. The number of methoxy groups -OCH3 is 1. The summed E-state index contributed by atoms with van der Waals surface area (Å²) in [5.41, 5.74) is 5.57. The van der Waals surface area contributed by atoms with Gasteiger partial charge in [-0.25, -0.2) is 19.3 Å². The van der Waals surface area contributed by atoms with Crippen molar-refractivity contribution in [3.8, 4) is 28.5 Å². The van der Waals surface area contributed by atoms with Crippen LogP contribution in [0.5, 0.6) is 5.75 Å². The van der Waals surface area contributed by atoms with Crippen LogP contribution in [0.25, 0.3) is 33.9 Å². The molecule has 3 aromatic heterocycles. The number of pyridine rings is 1. The summed E-state index contributed by atoms with van der Waals surface area (Å²) in [6, 6.07) is 14.0. The average Bonchev–Trinajstić information content (AvgIpc) is 3.38. The van der Waals surface area contributed by atoms with E-state index in [-0.39, 0.29) is 5.82 Å². The van der Waals surface area contributed by atoms with Crippen LogP contribution in [0.3, 0.4) is 0 Å². The van der Waals surface area contributed by atoms with Crippen LogP contribution in [0, 0.1) is 19.7 Å². The third-order valence-corrected chi connectivity index (χ3v) is 5.43. The zero-order valence-corrected chi connectivity index (χ0v) is 18.7. The molecular weight excluding hydrogens is 421 g/mol. The summed E-state index contributed by atoms with van der Waals surface area (Å²) in [6.07, 6.45) is 1.68. The van der Waals surface area contributed by atoms with Crippen LogP contribution in [0.15, 0.2) is 59.1 Å². The predicted molar refractivity (Wildman–Crippen MR) is 125 cm³/mol. The minimum absolute atomic E-state index is 0.285. The highest BCUT2D eigenvalue weighted by molar-refractivity contribution is 5.91. The van der Waals surface area contributed by atoms with Crippen LogP contribution < -0.4 is 10.1 Å². The van der Waals surface area contributed by atoms with E-state index in [1.54, 1.807) is 32.4 Å². The van der Waals surface area contributed by atoms with Crippen molar-refractivity contribution >= 4 is 22.5 Å². The lowest BCUT2D eigenvalue weighted by molar-refractivity contribution is 0.414. The lowest BCUT2D eigenvalue weighted by Crippen LogP contribution is -1.98. The van der Waals surface area contributed by atoms with Crippen molar-refractivity contribution in [2.24, 2.45) is 7.05 Å². The molecule has 0 fully saturated rings. The predicted octanol–water partition coefficient (Wildman–Crippen LogP) is 5.80. The molecule has 3 heterocycles. The van der Waals surface area contributed by atoms with Gasteiger partial charge in [0.1, 0.15) is 22.9 Å². The van der Waals surface area contributed by atoms with Crippen molar-refractivity contribution in [3.63, 3.8) is 0 Å². The highest BCUT2D eigenvalue weighted by Gasteiger charge is 2.17. The molecule has 166 valence electrons. The number of rotatable bonds is 5. The molecule has 0 radical (unpaired) electrons. The molecule has 0 aliphatic heterocycles. The summed E-state index contributed by atoms with van der Waals surface area (Å²) in [5.74, 6) is 2.32. The molecule has 33 heavy (non-hydrogen) atoms. The SMILES string of the molecule is COc1cc(Nc2cc(C)nc3c2nc(-c2ccc(F)cc2)n3C)ccc1-c1cnc(C)o1. The van der Waals surface area contributed by atoms with Crippen molar-refractivity contribution in [3.05, 3.63) is 72.1 Å². The quantitative estimate of drug-likeness (QED) is 0.370. The molecule has 5 aromatic rings. The maximum Gasteiger partial charge on any atom is 0.191 e. The number of aryl methyl sites for hydroxylation is 3. The minimum Gasteiger partial charge on any atom is -0.496 e. The summed E-state index contributed by atoms with van der Waals surface area (Å²) in [4.78, 5) is 13.7. The largest absolute Gasteiger partial charge is 0.496 e. The molecule has 0 atom stereocenters. The van der Waals surface area contributed by atoms with E-state index in [2.05, 4.69) is 15.3 Å². The van der Waals surface area contributed by atoms with Crippen LogP contribution in [-0.2, 0) is 7.05 Å². The normalized spacial score (nSPS) is 11.2. The number of imidazole rings is 1. The van der Waals surface area contributed by atoms with Gasteiger partial charge in [-0.05, 0) is 49.4 Å². The van der Waals surface area contributed by atoms with Crippen LogP contribution in [0.4, 0.5) is 15.8 Å². The number of nitrogens with one attached hydrogen (secondary N) is 1. The minimum atomic E-state index is -0.285.